The first kappa shape index (κ1) is 39.9. The molecule has 272 valence electrons. The quantitative estimate of drug-likeness (QED) is 0.122. The van der Waals surface area contributed by atoms with E-state index in [9.17, 15) is 0 Å². The molecule has 54 heavy (non-hydrogen) atoms. The summed E-state index contributed by atoms with van der Waals surface area (Å²) in [5.74, 6) is 0. The fourth-order valence-corrected chi connectivity index (χ4v) is 22.2. The van der Waals surface area contributed by atoms with Gasteiger partial charge in [-0.25, -0.2) is 12.1 Å². The van der Waals surface area contributed by atoms with Gasteiger partial charge in [-0.15, -0.1) is 39.7 Å². The van der Waals surface area contributed by atoms with E-state index in [4.69, 9.17) is 17.0 Å². The molecule has 0 unspecified atom stereocenters. The van der Waals surface area contributed by atoms with Gasteiger partial charge in [-0.05, 0) is 44.2 Å². The van der Waals surface area contributed by atoms with E-state index in [0.29, 0.717) is 0 Å². The van der Waals surface area contributed by atoms with Crippen LogP contribution in [0, 0.1) is 0 Å². The molecule has 0 amide bonds. The Kier molecular flexibility index (Phi) is 13.1. The normalized spacial score (nSPS) is 11.3. The first-order chi connectivity index (χ1) is 25.9. The van der Waals surface area contributed by atoms with Crippen molar-refractivity contribution in [2.75, 3.05) is 0 Å². The zero-order chi connectivity index (χ0) is 38.3. The van der Waals surface area contributed by atoms with Crippen LogP contribution in [0.1, 0.15) is 52.7 Å². The van der Waals surface area contributed by atoms with E-state index in [-0.39, 0.29) is 10.8 Å². The topological polar surface area (TPSA) is 0 Å². The monoisotopic (exact) mass is 836 g/mol. The van der Waals surface area contributed by atoms with Crippen LogP contribution in [0.4, 0.5) is 0 Å². The van der Waals surface area contributed by atoms with Gasteiger partial charge in [0.05, 0.1) is 0 Å². The number of fused-ring (bicyclic) bond motifs is 3. The third-order valence-electron chi connectivity index (χ3n) is 9.64. The molecule has 0 radical (unpaired) electrons. The minimum atomic E-state index is -2.26. The Morgan fingerprint density at radius 3 is 1.11 bits per heavy atom. The SMILES string of the molecule is CC(C)(C)c1cc2c(cc1-c1ccccc1)[cH-]c1cc(-c3ccccc3)c(C(C)(C)C)cc12.[Cl][Zr]([Cl])=[Si](c1ccccc1)c1ccccc1.c1cc[cH-]c1. The number of hydrogen-bond acceptors (Lipinski definition) is 0. The van der Waals surface area contributed by atoms with Crippen LogP contribution in [0.25, 0.3) is 43.8 Å². The Hall–Kier alpha value is -3.78. The van der Waals surface area contributed by atoms with Crippen molar-refractivity contribution < 1.29 is 18.0 Å². The first-order valence-electron chi connectivity index (χ1n) is 18.6. The Bertz CT molecular complexity index is 2260. The predicted octanol–water partition coefficient (Wildman–Crippen LogP) is 13.8. The molecule has 8 aromatic rings. The molecule has 0 aliphatic rings. The number of hydrogen-bond donors (Lipinski definition) is 0. The summed E-state index contributed by atoms with van der Waals surface area (Å²) in [5.41, 5.74) is 7.27. The molecule has 0 saturated heterocycles. The molecular formula is C50H48Cl2SiZr-2. The van der Waals surface area contributed by atoms with Crippen molar-refractivity contribution in [2.45, 2.75) is 52.4 Å². The van der Waals surface area contributed by atoms with E-state index >= 15 is 0 Å². The number of rotatable bonds is 4. The van der Waals surface area contributed by atoms with E-state index in [1.165, 1.54) is 65.3 Å². The largest absolute Gasteiger partial charge is 0.214 e. The molecule has 0 saturated carbocycles. The van der Waals surface area contributed by atoms with Gasteiger partial charge in [-0.1, -0.05) is 114 Å². The molecule has 0 aromatic heterocycles. The van der Waals surface area contributed by atoms with E-state index in [0.717, 1.165) is 0 Å². The predicted molar refractivity (Wildman–Crippen MR) is 237 cm³/mol. The molecule has 8 rings (SSSR count). The molecule has 0 aliphatic carbocycles. The third kappa shape index (κ3) is 9.71. The number of benzene rings is 6. The van der Waals surface area contributed by atoms with Gasteiger partial charge in [0.1, 0.15) is 0 Å². The first-order valence-corrected chi connectivity index (χ1v) is 30.1. The second-order valence-electron chi connectivity index (χ2n) is 15.7. The molecule has 0 atom stereocenters. The zero-order valence-electron chi connectivity index (χ0n) is 32.1. The van der Waals surface area contributed by atoms with Crippen LogP contribution in [-0.4, -0.2) is 5.43 Å². The summed E-state index contributed by atoms with van der Waals surface area (Å²) in [4.78, 5) is 0. The van der Waals surface area contributed by atoms with Crippen LogP contribution < -0.4 is 10.4 Å². The van der Waals surface area contributed by atoms with Gasteiger partial charge in [0.25, 0.3) is 0 Å². The summed E-state index contributed by atoms with van der Waals surface area (Å²) in [7, 11) is 12.6. The van der Waals surface area contributed by atoms with Crippen LogP contribution in [0.3, 0.4) is 0 Å². The molecular weight excluding hydrogens is 791 g/mol. The molecule has 0 spiro atoms. The maximum Gasteiger partial charge on any atom is -0.172 e. The van der Waals surface area contributed by atoms with Crippen molar-refractivity contribution in [2.24, 2.45) is 0 Å². The van der Waals surface area contributed by atoms with Crippen molar-refractivity contribution in [3.8, 4) is 22.3 Å². The summed E-state index contributed by atoms with van der Waals surface area (Å²) in [6.07, 6.45) is 0. The van der Waals surface area contributed by atoms with Crippen LogP contribution in [0.2, 0.25) is 0 Å². The molecule has 4 heteroatoms. The van der Waals surface area contributed by atoms with Gasteiger partial charge in [-0.2, -0.15) is 18.2 Å². The fourth-order valence-electron chi connectivity index (χ4n) is 6.98. The summed E-state index contributed by atoms with van der Waals surface area (Å²) in [6.45, 7) is 13.9. The van der Waals surface area contributed by atoms with Gasteiger partial charge in [-0.3, -0.25) is 0 Å². The summed E-state index contributed by atoms with van der Waals surface area (Å²) in [5, 5.41) is 8.03. The maximum atomic E-state index is 6.32. The van der Waals surface area contributed by atoms with E-state index < -0.39 is 23.4 Å². The van der Waals surface area contributed by atoms with Gasteiger partial charge in [0.15, 0.2) is 0 Å². The van der Waals surface area contributed by atoms with Crippen molar-refractivity contribution in [3.63, 3.8) is 0 Å². The minimum absolute atomic E-state index is 0.0554. The second kappa shape index (κ2) is 17.8. The standard InChI is InChI=1S/C33H33.C12H10Si.C5H5.2ClH.Zr/c1-32(2,3)30-20-26-24(18-28(30)22-13-9-7-10-14-22)17-25-19-29(23-15-11-8-12-16-23)31(21-27(25)26)33(4,5)6;1-3-7-11(8-4-1)13-12-9-5-2-6-10-12;1-2-4-5-3-1;;;/h7-21H,1-6H3;1-10H;1-5H;2*1H;/q-1;;-1;;;+2/p-2. The molecule has 0 bridgehead atoms. The van der Waals surface area contributed by atoms with E-state index in [1.54, 1.807) is 0 Å². The van der Waals surface area contributed by atoms with Crippen molar-refractivity contribution in [3.05, 3.63) is 193 Å². The molecule has 0 nitrogen and oxygen atoms in total. The summed E-state index contributed by atoms with van der Waals surface area (Å²) >= 11 is -2.26. The molecule has 0 fully saturated rings. The van der Waals surface area contributed by atoms with Crippen LogP contribution in [0.15, 0.2) is 182 Å². The smallest absolute Gasteiger partial charge is 0.172 e. The van der Waals surface area contributed by atoms with Crippen molar-refractivity contribution in [1.29, 1.82) is 0 Å². The average Bonchev–Trinajstić information content (AvgIpc) is 3.87. The minimum Gasteiger partial charge on any atom is -0.214 e. The van der Waals surface area contributed by atoms with Crippen LogP contribution in [0.5, 0.6) is 0 Å². The Morgan fingerprint density at radius 2 is 0.815 bits per heavy atom. The van der Waals surface area contributed by atoms with Gasteiger partial charge in [0, 0.05) is 0 Å². The third-order valence-corrected chi connectivity index (χ3v) is 25.6. The average molecular weight is 839 g/mol. The maximum absolute atomic E-state index is 6.32. The van der Waals surface area contributed by atoms with Gasteiger partial charge >= 0.3 is 111 Å². The van der Waals surface area contributed by atoms with E-state index in [2.05, 4.69) is 181 Å². The van der Waals surface area contributed by atoms with Crippen LogP contribution >= 0.6 is 17.0 Å². The number of halogens is 2. The molecule has 0 N–H and O–H groups in total. The Morgan fingerprint density at radius 1 is 0.463 bits per heavy atom. The van der Waals surface area contributed by atoms with Crippen LogP contribution in [-0.2, 0) is 28.8 Å². The van der Waals surface area contributed by atoms with Crippen molar-refractivity contribution >= 4 is 54.4 Å². The van der Waals surface area contributed by atoms with Gasteiger partial charge < -0.3 is 0 Å². The van der Waals surface area contributed by atoms with Gasteiger partial charge in [0.2, 0.25) is 0 Å². The molecule has 0 heterocycles. The van der Waals surface area contributed by atoms with Crippen molar-refractivity contribution in [1.82, 2.24) is 0 Å². The Labute approximate surface area is 337 Å². The summed E-state index contributed by atoms with van der Waals surface area (Å²) < 4.78 is 0. The summed E-state index contributed by atoms with van der Waals surface area (Å²) in [6, 6.07) is 64.6. The van der Waals surface area contributed by atoms with E-state index in [1.807, 2.05) is 42.5 Å². The second-order valence-corrected chi connectivity index (χ2v) is 34.9. The molecule has 0 aliphatic heterocycles. The molecule has 8 aromatic carbocycles. The zero-order valence-corrected chi connectivity index (χ0v) is 37.0. The fraction of sp³-hybridized carbons (Fsp3) is 0.160. The Balaban J connectivity index is 0.000000195.